The normalized spacial score (nSPS) is 11.1. The third-order valence-electron chi connectivity index (χ3n) is 1.30. The maximum absolute atomic E-state index is 4.50. The fourth-order valence-electron chi connectivity index (χ4n) is 0.758. The molecule has 0 saturated heterocycles. The third-order valence-corrected chi connectivity index (χ3v) is 1.45. The molecule has 10 heavy (non-hydrogen) atoms. The van der Waals surface area contributed by atoms with Crippen LogP contribution in [0, 0.1) is 5.41 Å². The van der Waals surface area contributed by atoms with Crippen LogP contribution in [0.5, 0.6) is 0 Å². The Morgan fingerprint density at radius 1 is 1.40 bits per heavy atom. The van der Waals surface area contributed by atoms with Gasteiger partial charge >= 0.3 is 0 Å². The summed E-state index contributed by atoms with van der Waals surface area (Å²) in [4.78, 5) is 0. The molecule has 0 bridgehead atoms. The predicted octanol–water partition coefficient (Wildman–Crippen LogP) is 2.24. The summed E-state index contributed by atoms with van der Waals surface area (Å²) in [5.74, 6) is 0. The monoisotopic (exact) mass is 158 g/mol. The lowest BCUT2D eigenvalue weighted by Gasteiger charge is -2.17. The summed E-state index contributed by atoms with van der Waals surface area (Å²) >= 11 is 4.50. The van der Waals surface area contributed by atoms with Crippen molar-refractivity contribution in [2.24, 2.45) is 5.41 Å². The van der Waals surface area contributed by atoms with Crippen molar-refractivity contribution >= 4 is 17.7 Å². The molecule has 59 valence electrons. The lowest BCUT2D eigenvalue weighted by molar-refractivity contribution is 0.366. The quantitative estimate of drug-likeness (QED) is 0.382. The van der Waals surface area contributed by atoms with Gasteiger partial charge in [0.05, 0.1) is 0 Å². The third kappa shape index (κ3) is 7.89. The molecule has 0 aliphatic carbocycles. The van der Waals surface area contributed by atoms with Crippen LogP contribution in [0.15, 0.2) is 0 Å². The average molecular weight is 158 g/mol. The first-order chi connectivity index (χ1) is 4.56. The first-order valence-electron chi connectivity index (χ1n) is 3.66. The average Bonchev–Trinajstić information content (AvgIpc) is 1.78. The molecule has 0 saturated carbocycles. The van der Waals surface area contributed by atoms with Crippen molar-refractivity contribution in [3.63, 3.8) is 0 Å². The van der Waals surface area contributed by atoms with Crippen molar-refractivity contribution in [1.82, 2.24) is 5.32 Å². The second kappa shape index (κ2) is 4.67. The Hall–Kier alpha value is -0.110. The van der Waals surface area contributed by atoms with E-state index in [4.69, 9.17) is 0 Å². The maximum Gasteiger partial charge on any atom is 0.134 e. The molecule has 1 radical (unpaired) electrons. The number of hydrogen-bond donors (Lipinski definition) is 1. The molecule has 0 aromatic rings. The van der Waals surface area contributed by atoms with Crippen LogP contribution < -0.4 is 5.32 Å². The van der Waals surface area contributed by atoms with Gasteiger partial charge in [-0.15, -0.1) is 0 Å². The molecule has 0 unspecified atom stereocenters. The molecule has 0 amide bonds. The van der Waals surface area contributed by atoms with Gasteiger partial charge in [-0.05, 0) is 18.3 Å². The minimum absolute atomic E-state index is 0.448. The Labute approximate surface area is 69.2 Å². The van der Waals surface area contributed by atoms with Crippen molar-refractivity contribution in [2.45, 2.75) is 33.6 Å². The molecule has 0 fully saturated rings. The summed E-state index contributed by atoms with van der Waals surface area (Å²) in [6.45, 7) is 7.69. The van der Waals surface area contributed by atoms with Crippen LogP contribution in [-0.2, 0) is 0 Å². The predicted molar refractivity (Wildman–Crippen MR) is 49.3 cm³/mol. The van der Waals surface area contributed by atoms with E-state index in [0.29, 0.717) is 5.41 Å². The zero-order chi connectivity index (χ0) is 8.04. The van der Waals surface area contributed by atoms with E-state index in [2.05, 4.69) is 43.8 Å². The van der Waals surface area contributed by atoms with Crippen LogP contribution in [0.4, 0.5) is 0 Å². The molecule has 0 aliphatic rings. The molecule has 2 heteroatoms. The Bertz CT molecular complexity index is 93.9. The van der Waals surface area contributed by atoms with Gasteiger partial charge in [-0.25, -0.2) is 0 Å². The van der Waals surface area contributed by atoms with Gasteiger partial charge < -0.3 is 5.32 Å². The fourth-order valence-corrected chi connectivity index (χ4v) is 0.860. The molecule has 0 heterocycles. The van der Waals surface area contributed by atoms with E-state index in [1.807, 2.05) is 0 Å². The van der Waals surface area contributed by atoms with Crippen LogP contribution in [0.25, 0.3) is 0 Å². The summed E-state index contributed by atoms with van der Waals surface area (Å²) in [6, 6.07) is 0. The van der Waals surface area contributed by atoms with Crippen molar-refractivity contribution in [3.05, 3.63) is 0 Å². The molecule has 1 N–H and O–H groups in total. The molecule has 0 rings (SSSR count). The Balaban J connectivity index is 3.12. The molecule has 0 spiro atoms. The molecule has 1 nitrogen and oxygen atoms in total. The van der Waals surface area contributed by atoms with Crippen LogP contribution >= 0.6 is 12.2 Å². The van der Waals surface area contributed by atoms with Crippen LogP contribution in [0.3, 0.4) is 0 Å². The van der Waals surface area contributed by atoms with E-state index in [9.17, 15) is 0 Å². The second-order valence-electron chi connectivity index (χ2n) is 3.69. The zero-order valence-electron chi connectivity index (χ0n) is 7.03. The van der Waals surface area contributed by atoms with Gasteiger partial charge in [0.25, 0.3) is 0 Å². The van der Waals surface area contributed by atoms with Crippen LogP contribution in [0.1, 0.15) is 33.6 Å². The SMILES string of the molecule is CC(C)(C)CCCN[C]=S. The van der Waals surface area contributed by atoms with Gasteiger partial charge in [-0.2, -0.15) is 0 Å². The highest BCUT2D eigenvalue weighted by Gasteiger charge is 2.07. The lowest BCUT2D eigenvalue weighted by atomic mass is 9.91. The van der Waals surface area contributed by atoms with Crippen LogP contribution in [0.2, 0.25) is 0 Å². The lowest BCUT2D eigenvalue weighted by Crippen LogP contribution is -2.14. The Kier molecular flexibility index (Phi) is 4.62. The van der Waals surface area contributed by atoms with E-state index >= 15 is 0 Å². The van der Waals surface area contributed by atoms with E-state index in [-0.39, 0.29) is 0 Å². The van der Waals surface area contributed by atoms with Gasteiger partial charge in [0.1, 0.15) is 5.49 Å². The minimum Gasteiger partial charge on any atom is -0.374 e. The van der Waals surface area contributed by atoms with Gasteiger partial charge in [-0.3, -0.25) is 0 Å². The molecule has 0 aromatic carbocycles. The number of nitrogens with one attached hydrogen (secondary N) is 1. The van der Waals surface area contributed by atoms with Crippen LogP contribution in [-0.4, -0.2) is 12.0 Å². The van der Waals surface area contributed by atoms with Crippen molar-refractivity contribution in [3.8, 4) is 0 Å². The van der Waals surface area contributed by atoms with E-state index in [0.717, 1.165) is 6.54 Å². The highest BCUT2D eigenvalue weighted by molar-refractivity contribution is 7.78. The molecule has 0 atom stereocenters. The smallest absolute Gasteiger partial charge is 0.134 e. The summed E-state index contributed by atoms with van der Waals surface area (Å²) in [7, 11) is 0. The highest BCUT2D eigenvalue weighted by atomic mass is 32.1. The van der Waals surface area contributed by atoms with Crippen molar-refractivity contribution in [2.75, 3.05) is 6.54 Å². The topological polar surface area (TPSA) is 12.0 Å². The Morgan fingerprint density at radius 2 is 2.00 bits per heavy atom. The van der Waals surface area contributed by atoms with Gasteiger partial charge in [0, 0.05) is 6.54 Å². The fraction of sp³-hybridized carbons (Fsp3) is 0.875. The van der Waals surface area contributed by atoms with Crippen molar-refractivity contribution in [1.29, 1.82) is 0 Å². The zero-order valence-corrected chi connectivity index (χ0v) is 7.85. The first-order valence-corrected chi connectivity index (χ1v) is 4.07. The number of rotatable bonds is 4. The number of thiocarbonyl (C=S) groups is 1. The molecule has 0 aromatic heterocycles. The molecule has 0 aliphatic heterocycles. The maximum atomic E-state index is 4.50. The van der Waals surface area contributed by atoms with Crippen molar-refractivity contribution < 1.29 is 0 Å². The standard InChI is InChI=1S/C8H16NS/c1-8(2,3)5-4-6-9-7-10/h4-6H2,1-3H3,(H,9,10). The second-order valence-corrected chi connectivity index (χ2v) is 3.90. The summed E-state index contributed by atoms with van der Waals surface area (Å²) in [6.07, 6.45) is 2.41. The largest absolute Gasteiger partial charge is 0.374 e. The summed E-state index contributed by atoms with van der Waals surface area (Å²) in [5, 5.41) is 2.89. The van der Waals surface area contributed by atoms with Gasteiger partial charge in [0.15, 0.2) is 0 Å². The van der Waals surface area contributed by atoms with E-state index < -0.39 is 0 Å². The number of hydrogen-bond acceptors (Lipinski definition) is 1. The first kappa shape index (κ1) is 9.89. The highest BCUT2D eigenvalue weighted by Crippen LogP contribution is 2.19. The Morgan fingerprint density at radius 3 is 2.40 bits per heavy atom. The minimum atomic E-state index is 0.448. The molecular formula is C8H16NS. The van der Waals surface area contributed by atoms with E-state index in [1.165, 1.54) is 12.8 Å². The van der Waals surface area contributed by atoms with E-state index in [1.54, 1.807) is 0 Å². The summed E-state index contributed by atoms with van der Waals surface area (Å²) < 4.78 is 0. The summed E-state index contributed by atoms with van der Waals surface area (Å²) in [5.41, 5.74) is 2.93. The van der Waals surface area contributed by atoms with Gasteiger partial charge in [0.2, 0.25) is 0 Å². The molecular weight excluding hydrogens is 142 g/mol. The van der Waals surface area contributed by atoms with Gasteiger partial charge in [-0.1, -0.05) is 33.0 Å².